The lowest BCUT2D eigenvalue weighted by Crippen LogP contribution is -2.55. The van der Waals surface area contributed by atoms with Crippen molar-refractivity contribution in [2.75, 3.05) is 6.54 Å². The van der Waals surface area contributed by atoms with Gasteiger partial charge in [0, 0.05) is 18.5 Å². The van der Waals surface area contributed by atoms with Crippen LogP contribution in [0.3, 0.4) is 0 Å². The van der Waals surface area contributed by atoms with E-state index in [4.69, 9.17) is 4.74 Å². The lowest BCUT2D eigenvalue weighted by Gasteiger charge is -2.35. The van der Waals surface area contributed by atoms with Gasteiger partial charge in [-0.25, -0.2) is 4.79 Å². The first kappa shape index (κ1) is 29.6. The van der Waals surface area contributed by atoms with Crippen molar-refractivity contribution in [3.8, 4) is 0 Å². The molecule has 2 aromatic rings. The number of nitrogens with one attached hydrogen (secondary N) is 2. The summed E-state index contributed by atoms with van der Waals surface area (Å²) in [5.41, 5.74) is 1.13. The molecule has 0 aromatic heterocycles. The molecule has 2 rings (SSSR count). The normalized spacial score (nSPS) is 13.2. The molecule has 0 bridgehead atoms. The van der Waals surface area contributed by atoms with Crippen molar-refractivity contribution in [1.29, 1.82) is 0 Å². The summed E-state index contributed by atoms with van der Waals surface area (Å²) in [6.45, 7) is 16.9. The topological polar surface area (TPSA) is 87.7 Å². The number of hydrogen-bond acceptors (Lipinski definition) is 4. The molecule has 0 saturated carbocycles. The van der Waals surface area contributed by atoms with E-state index >= 15 is 0 Å². The summed E-state index contributed by atoms with van der Waals surface area (Å²) < 4.78 is 5.45. The number of likely N-dealkylation sites (N-methyl/N-ethyl adjacent to an activating group) is 1. The van der Waals surface area contributed by atoms with Crippen molar-refractivity contribution < 1.29 is 19.1 Å². The highest BCUT2D eigenvalue weighted by Crippen LogP contribution is 2.25. The van der Waals surface area contributed by atoms with Crippen LogP contribution in [0.25, 0.3) is 6.08 Å². The van der Waals surface area contributed by atoms with Gasteiger partial charge >= 0.3 is 6.09 Å². The second kappa shape index (κ2) is 12.6. The SMILES string of the molecule is C=Cc1cccc(C(C(=O)NC(C)(C)C)N(CC)C(=O)C(Cc2ccccc2)NC(=O)OC(C)(C)C)c1. The average molecular weight is 508 g/mol. The third-order valence-corrected chi connectivity index (χ3v) is 5.42. The van der Waals surface area contributed by atoms with Gasteiger partial charge in [0.15, 0.2) is 0 Å². The Labute approximate surface area is 221 Å². The fourth-order valence-corrected chi connectivity index (χ4v) is 3.93. The first-order valence-electron chi connectivity index (χ1n) is 12.6. The Hall–Kier alpha value is -3.61. The minimum atomic E-state index is -0.940. The first-order chi connectivity index (χ1) is 17.2. The molecule has 200 valence electrons. The van der Waals surface area contributed by atoms with Crippen molar-refractivity contribution in [3.05, 3.63) is 77.9 Å². The maximum atomic E-state index is 14.1. The van der Waals surface area contributed by atoms with Crippen molar-refractivity contribution in [1.82, 2.24) is 15.5 Å². The number of benzene rings is 2. The summed E-state index contributed by atoms with van der Waals surface area (Å²) in [5, 5.41) is 5.77. The Balaban J connectivity index is 2.51. The highest BCUT2D eigenvalue weighted by atomic mass is 16.6. The van der Waals surface area contributed by atoms with Gasteiger partial charge in [0.05, 0.1) is 0 Å². The van der Waals surface area contributed by atoms with E-state index in [1.165, 1.54) is 4.90 Å². The van der Waals surface area contributed by atoms with Crippen molar-refractivity contribution in [2.24, 2.45) is 0 Å². The molecule has 0 radical (unpaired) electrons. The average Bonchev–Trinajstić information content (AvgIpc) is 2.79. The van der Waals surface area contributed by atoms with Crippen molar-refractivity contribution in [2.45, 2.75) is 78.1 Å². The van der Waals surface area contributed by atoms with Gasteiger partial charge in [-0.1, -0.05) is 61.2 Å². The maximum absolute atomic E-state index is 14.1. The van der Waals surface area contributed by atoms with Crippen molar-refractivity contribution >= 4 is 24.0 Å². The fourth-order valence-electron chi connectivity index (χ4n) is 3.93. The Kier molecular flexibility index (Phi) is 10.1. The van der Waals surface area contributed by atoms with Crippen LogP contribution in [0.4, 0.5) is 4.79 Å². The van der Waals surface area contributed by atoms with Crippen LogP contribution in [0.5, 0.6) is 0 Å². The van der Waals surface area contributed by atoms with E-state index in [2.05, 4.69) is 17.2 Å². The number of ether oxygens (including phenoxy) is 1. The predicted molar refractivity (Wildman–Crippen MR) is 148 cm³/mol. The monoisotopic (exact) mass is 507 g/mol. The molecule has 0 aliphatic rings. The molecule has 0 aliphatic carbocycles. The molecular formula is C30H41N3O4. The third-order valence-electron chi connectivity index (χ3n) is 5.42. The fraction of sp³-hybridized carbons (Fsp3) is 0.433. The van der Waals surface area contributed by atoms with E-state index in [0.717, 1.165) is 11.1 Å². The quantitative estimate of drug-likeness (QED) is 0.484. The zero-order chi connectivity index (χ0) is 27.8. The number of carbonyl (C=O) groups is 3. The second-order valence-corrected chi connectivity index (χ2v) is 11.0. The molecule has 0 saturated heterocycles. The van der Waals surface area contributed by atoms with Crippen LogP contribution in [0.2, 0.25) is 0 Å². The number of hydrogen-bond donors (Lipinski definition) is 2. The Morgan fingerprint density at radius 3 is 2.19 bits per heavy atom. The maximum Gasteiger partial charge on any atom is 0.408 e. The van der Waals surface area contributed by atoms with Gasteiger partial charge in [-0.2, -0.15) is 0 Å². The third kappa shape index (κ3) is 9.41. The standard InChI is InChI=1S/C30H41N3O4/c1-9-21-17-14-18-23(19-21)25(26(34)32-29(3,4)5)33(10-2)27(35)24(20-22-15-12-11-13-16-22)31-28(36)37-30(6,7)8/h9,11-19,24-25H,1,10,20H2,2-8H3,(H,31,36)(H,32,34). The zero-order valence-corrected chi connectivity index (χ0v) is 23.1. The molecule has 7 nitrogen and oxygen atoms in total. The summed E-state index contributed by atoms with van der Waals surface area (Å²) in [6, 6.07) is 15.0. The lowest BCUT2D eigenvalue weighted by atomic mass is 9.98. The summed E-state index contributed by atoms with van der Waals surface area (Å²) >= 11 is 0. The minimum absolute atomic E-state index is 0.246. The van der Waals surface area contributed by atoms with Gasteiger partial charge in [-0.05, 0) is 71.2 Å². The molecule has 7 heteroatoms. The Bertz CT molecular complexity index is 1080. The summed E-state index contributed by atoms with van der Waals surface area (Å²) in [4.78, 5) is 41.9. The number of carbonyl (C=O) groups excluding carboxylic acids is 3. The smallest absolute Gasteiger partial charge is 0.408 e. The van der Waals surface area contributed by atoms with E-state index in [0.29, 0.717) is 5.56 Å². The second-order valence-electron chi connectivity index (χ2n) is 11.0. The lowest BCUT2D eigenvalue weighted by molar-refractivity contribution is -0.142. The molecule has 2 atom stereocenters. The van der Waals surface area contributed by atoms with Crippen LogP contribution in [0.15, 0.2) is 61.2 Å². The summed E-state index contributed by atoms with van der Waals surface area (Å²) in [7, 11) is 0. The number of rotatable bonds is 9. The van der Waals surface area contributed by atoms with Crippen LogP contribution in [0, 0.1) is 0 Å². The molecule has 0 aliphatic heterocycles. The molecule has 2 unspecified atom stereocenters. The molecule has 2 N–H and O–H groups in total. The molecule has 0 fully saturated rings. The van der Waals surface area contributed by atoms with Gasteiger partial charge in [0.25, 0.3) is 0 Å². The van der Waals surface area contributed by atoms with E-state index in [-0.39, 0.29) is 24.8 Å². The van der Waals surface area contributed by atoms with E-state index < -0.39 is 29.3 Å². The van der Waals surface area contributed by atoms with E-state index in [1.54, 1.807) is 26.8 Å². The van der Waals surface area contributed by atoms with Crippen LogP contribution in [-0.4, -0.2) is 46.5 Å². The Morgan fingerprint density at radius 1 is 1.00 bits per heavy atom. The van der Waals surface area contributed by atoms with Gasteiger partial charge in [-0.3, -0.25) is 9.59 Å². The van der Waals surface area contributed by atoms with E-state index in [1.807, 2.05) is 82.3 Å². The molecule has 0 heterocycles. The van der Waals surface area contributed by atoms with Crippen molar-refractivity contribution in [3.63, 3.8) is 0 Å². The molecule has 2 aromatic carbocycles. The van der Waals surface area contributed by atoms with Crippen LogP contribution in [-0.2, 0) is 20.7 Å². The van der Waals surface area contributed by atoms with Gasteiger partial charge < -0.3 is 20.3 Å². The van der Waals surface area contributed by atoms with E-state index in [9.17, 15) is 14.4 Å². The van der Waals surface area contributed by atoms with Crippen LogP contribution in [0.1, 0.15) is 71.2 Å². The van der Waals surface area contributed by atoms with Gasteiger partial charge in [-0.15, -0.1) is 0 Å². The minimum Gasteiger partial charge on any atom is -0.444 e. The highest BCUT2D eigenvalue weighted by Gasteiger charge is 2.36. The first-order valence-corrected chi connectivity index (χ1v) is 12.6. The molecule has 3 amide bonds. The number of alkyl carbamates (subject to hydrolysis) is 1. The highest BCUT2D eigenvalue weighted by molar-refractivity contribution is 5.92. The summed E-state index contributed by atoms with van der Waals surface area (Å²) in [6.07, 6.45) is 1.25. The number of nitrogens with zero attached hydrogens (tertiary/aromatic N) is 1. The molecular weight excluding hydrogens is 466 g/mol. The van der Waals surface area contributed by atoms with Gasteiger partial charge in [0.1, 0.15) is 17.7 Å². The van der Waals surface area contributed by atoms with Crippen LogP contribution >= 0.6 is 0 Å². The Morgan fingerprint density at radius 2 is 1.65 bits per heavy atom. The van der Waals surface area contributed by atoms with Crippen LogP contribution < -0.4 is 10.6 Å². The largest absolute Gasteiger partial charge is 0.444 e. The van der Waals surface area contributed by atoms with Gasteiger partial charge in [0.2, 0.25) is 11.8 Å². The molecule has 37 heavy (non-hydrogen) atoms. The molecule has 0 spiro atoms. The zero-order valence-electron chi connectivity index (χ0n) is 23.1. The summed E-state index contributed by atoms with van der Waals surface area (Å²) in [5.74, 6) is -0.685. The number of amides is 3. The predicted octanol–water partition coefficient (Wildman–Crippen LogP) is 5.27.